The minimum absolute atomic E-state index is 0.0105. The van der Waals surface area contributed by atoms with E-state index in [9.17, 15) is 10.1 Å². The fraction of sp³-hybridized carbons (Fsp3) is 0.167. The first-order valence-corrected chi connectivity index (χ1v) is 8.61. The third-order valence-corrected chi connectivity index (χ3v) is 4.15. The summed E-state index contributed by atoms with van der Waals surface area (Å²) in [6.45, 7) is 2.02. The maximum absolute atomic E-state index is 10.7. The number of nitrogens with one attached hydrogen (secondary N) is 1. The van der Waals surface area contributed by atoms with Crippen molar-refractivity contribution >= 4 is 24.1 Å². The lowest BCUT2D eigenvalue weighted by Gasteiger charge is -2.11. The zero-order chi connectivity index (χ0) is 20.1. The zero-order valence-electron chi connectivity index (χ0n) is 15.2. The number of nitro groups is 1. The van der Waals surface area contributed by atoms with Crippen molar-refractivity contribution in [2.24, 2.45) is 5.10 Å². The summed E-state index contributed by atoms with van der Waals surface area (Å²) in [6.07, 6.45) is 1.66. The third kappa shape index (κ3) is 4.41. The number of hydrogen-bond donors (Lipinski definition) is 1. The molecule has 28 heavy (non-hydrogen) atoms. The predicted molar refractivity (Wildman–Crippen MR) is 106 cm³/mol. The van der Waals surface area contributed by atoms with Gasteiger partial charge in [0.1, 0.15) is 23.9 Å². The summed E-state index contributed by atoms with van der Waals surface area (Å²) in [7, 11) is 1.58. The van der Waals surface area contributed by atoms with Gasteiger partial charge < -0.3 is 9.47 Å². The predicted octanol–water partition coefficient (Wildman–Crippen LogP) is 3.63. The molecule has 2 aromatic carbocycles. The van der Waals surface area contributed by atoms with Gasteiger partial charge >= 0.3 is 0 Å². The molecule has 0 saturated carbocycles. The fourth-order valence-electron chi connectivity index (χ4n) is 2.45. The molecule has 3 aromatic rings. The van der Waals surface area contributed by atoms with E-state index in [1.165, 1.54) is 16.8 Å². The summed E-state index contributed by atoms with van der Waals surface area (Å²) in [6, 6.07) is 11.5. The Morgan fingerprint density at radius 2 is 2.07 bits per heavy atom. The Kier molecular flexibility index (Phi) is 5.80. The van der Waals surface area contributed by atoms with Crippen molar-refractivity contribution in [2.45, 2.75) is 13.5 Å². The Balaban J connectivity index is 1.77. The molecular weight excluding hydrogens is 382 g/mol. The molecule has 0 aliphatic rings. The highest BCUT2D eigenvalue weighted by molar-refractivity contribution is 7.71. The molecule has 0 fully saturated rings. The van der Waals surface area contributed by atoms with E-state index in [-0.39, 0.29) is 12.3 Å². The Morgan fingerprint density at radius 3 is 2.68 bits per heavy atom. The van der Waals surface area contributed by atoms with Crippen molar-refractivity contribution in [3.8, 4) is 11.5 Å². The van der Waals surface area contributed by atoms with Crippen molar-refractivity contribution in [2.75, 3.05) is 7.11 Å². The van der Waals surface area contributed by atoms with E-state index >= 15 is 0 Å². The van der Waals surface area contributed by atoms with Crippen LogP contribution in [-0.2, 0) is 6.61 Å². The molecular formula is C18H17N5O4S. The number of nitrogens with zero attached hydrogens (tertiary/aromatic N) is 4. The van der Waals surface area contributed by atoms with Crippen LogP contribution in [0.5, 0.6) is 11.5 Å². The third-order valence-electron chi connectivity index (χ3n) is 3.88. The maximum atomic E-state index is 10.7. The van der Waals surface area contributed by atoms with Crippen molar-refractivity contribution in [1.29, 1.82) is 0 Å². The van der Waals surface area contributed by atoms with Crippen molar-refractivity contribution in [3.05, 3.63) is 74.3 Å². The SMILES string of the molecule is COc1ccc(/C=N\n2c(C)n[nH]c2=S)cc1COc1ccc([N+](=O)[O-])cc1. The van der Waals surface area contributed by atoms with Gasteiger partial charge in [-0.05, 0) is 55.0 Å². The lowest BCUT2D eigenvalue weighted by Crippen LogP contribution is -2.01. The minimum Gasteiger partial charge on any atom is -0.496 e. The second kappa shape index (κ2) is 8.44. The van der Waals surface area contributed by atoms with Crippen LogP contribution in [0, 0.1) is 21.8 Å². The van der Waals surface area contributed by atoms with E-state index < -0.39 is 4.92 Å². The molecule has 0 amide bonds. The molecule has 0 bridgehead atoms. The Morgan fingerprint density at radius 1 is 1.32 bits per heavy atom. The summed E-state index contributed by atoms with van der Waals surface area (Å²) in [5.74, 6) is 1.83. The molecule has 10 heteroatoms. The number of hydrogen-bond acceptors (Lipinski definition) is 7. The van der Waals surface area contributed by atoms with Crippen molar-refractivity contribution in [1.82, 2.24) is 14.9 Å². The summed E-state index contributed by atoms with van der Waals surface area (Å²) >= 11 is 5.12. The smallest absolute Gasteiger partial charge is 0.269 e. The van der Waals surface area contributed by atoms with Crippen LogP contribution in [0.25, 0.3) is 0 Å². The van der Waals surface area contributed by atoms with Crippen molar-refractivity contribution in [3.63, 3.8) is 0 Å². The maximum Gasteiger partial charge on any atom is 0.269 e. The molecule has 144 valence electrons. The van der Waals surface area contributed by atoms with Gasteiger partial charge in [0.2, 0.25) is 4.77 Å². The average Bonchev–Trinajstić information content (AvgIpc) is 3.02. The lowest BCUT2D eigenvalue weighted by atomic mass is 10.1. The van der Waals surface area contributed by atoms with E-state index in [1.807, 2.05) is 18.2 Å². The summed E-state index contributed by atoms with van der Waals surface area (Å²) in [5.41, 5.74) is 1.64. The van der Waals surface area contributed by atoms with Crippen LogP contribution in [0.3, 0.4) is 0 Å². The first kappa shape index (κ1) is 19.2. The molecule has 9 nitrogen and oxygen atoms in total. The number of ether oxygens (including phenoxy) is 2. The highest BCUT2D eigenvalue weighted by atomic mass is 32.1. The second-order valence-electron chi connectivity index (χ2n) is 5.74. The summed E-state index contributed by atoms with van der Waals surface area (Å²) in [5, 5.41) is 21.7. The summed E-state index contributed by atoms with van der Waals surface area (Å²) in [4.78, 5) is 10.3. The van der Waals surface area contributed by atoms with E-state index in [0.717, 1.165) is 11.1 Å². The van der Waals surface area contributed by atoms with Crippen molar-refractivity contribution < 1.29 is 14.4 Å². The van der Waals surface area contributed by atoms with Crippen LogP contribution in [0.1, 0.15) is 17.0 Å². The van der Waals surface area contributed by atoms with E-state index in [1.54, 1.807) is 32.4 Å². The van der Waals surface area contributed by atoms with Gasteiger partial charge in [-0.2, -0.15) is 14.9 Å². The quantitative estimate of drug-likeness (QED) is 0.281. The minimum atomic E-state index is -0.455. The Hall–Kier alpha value is -3.53. The normalized spacial score (nSPS) is 10.9. The fourth-order valence-corrected chi connectivity index (χ4v) is 2.67. The molecule has 0 aliphatic carbocycles. The molecule has 0 saturated heterocycles. The van der Waals surface area contributed by atoms with Crippen LogP contribution in [0.2, 0.25) is 0 Å². The number of non-ortho nitro benzene ring substituents is 1. The van der Waals surface area contributed by atoms with E-state index in [0.29, 0.717) is 22.1 Å². The molecule has 1 N–H and O–H groups in total. The average molecular weight is 399 g/mol. The highest BCUT2D eigenvalue weighted by Gasteiger charge is 2.08. The number of aromatic amines is 1. The molecule has 1 aromatic heterocycles. The first-order valence-electron chi connectivity index (χ1n) is 8.20. The van der Waals surface area contributed by atoms with Gasteiger partial charge in [0.15, 0.2) is 0 Å². The largest absolute Gasteiger partial charge is 0.496 e. The van der Waals surface area contributed by atoms with Gasteiger partial charge in [-0.25, -0.2) is 0 Å². The summed E-state index contributed by atoms with van der Waals surface area (Å²) < 4.78 is 13.0. The van der Waals surface area contributed by atoms with Gasteiger partial charge in [-0.15, -0.1) is 0 Å². The van der Waals surface area contributed by atoms with Crippen LogP contribution in [0.4, 0.5) is 5.69 Å². The number of aromatic nitrogens is 3. The second-order valence-corrected chi connectivity index (χ2v) is 6.13. The van der Waals surface area contributed by atoms with Crippen LogP contribution in [-0.4, -0.2) is 33.1 Å². The highest BCUT2D eigenvalue weighted by Crippen LogP contribution is 2.23. The number of aryl methyl sites for hydroxylation is 1. The first-order chi connectivity index (χ1) is 13.5. The zero-order valence-corrected chi connectivity index (χ0v) is 16.0. The van der Waals surface area contributed by atoms with Gasteiger partial charge in [0.25, 0.3) is 5.69 Å². The molecule has 0 spiro atoms. The molecule has 0 radical (unpaired) electrons. The number of nitro benzene ring substituents is 1. The number of rotatable bonds is 7. The van der Waals surface area contributed by atoms with Crippen LogP contribution >= 0.6 is 12.2 Å². The van der Waals surface area contributed by atoms with Gasteiger partial charge in [-0.3, -0.25) is 15.2 Å². The van der Waals surface area contributed by atoms with Gasteiger partial charge in [0.05, 0.1) is 18.2 Å². The number of H-pyrrole nitrogens is 1. The van der Waals surface area contributed by atoms with Crippen LogP contribution in [0.15, 0.2) is 47.6 Å². The topological polar surface area (TPSA) is 108 Å². The number of methoxy groups -OCH3 is 1. The molecule has 0 atom stereocenters. The molecule has 0 unspecified atom stereocenters. The van der Waals surface area contributed by atoms with Gasteiger partial charge in [0, 0.05) is 17.7 Å². The van der Waals surface area contributed by atoms with Crippen LogP contribution < -0.4 is 9.47 Å². The Labute approximate surface area is 165 Å². The lowest BCUT2D eigenvalue weighted by molar-refractivity contribution is -0.384. The number of benzene rings is 2. The molecule has 0 aliphatic heterocycles. The van der Waals surface area contributed by atoms with E-state index in [4.69, 9.17) is 21.7 Å². The van der Waals surface area contributed by atoms with Gasteiger partial charge in [-0.1, -0.05) is 0 Å². The molecule has 1 heterocycles. The molecule has 3 rings (SSSR count). The monoisotopic (exact) mass is 399 g/mol. The van der Waals surface area contributed by atoms with E-state index in [2.05, 4.69) is 15.3 Å². The Bertz CT molecular complexity index is 1070. The standard InChI is InChI=1S/C18H17N5O4S/c1-12-20-21-18(28)22(12)19-10-13-3-8-17(26-2)14(9-13)11-27-16-6-4-15(5-7-16)23(24)25/h3-10H,11H2,1-2H3,(H,21,28)/b19-10-.